The molecular formula is C24H20ClNO3S. The van der Waals surface area contributed by atoms with Gasteiger partial charge >= 0.3 is 10.1 Å². The number of nitrogens with zero attached hydrogens (tertiary/aromatic N) is 1. The van der Waals surface area contributed by atoms with Crippen molar-refractivity contribution in [3.63, 3.8) is 0 Å². The number of halogens is 1. The van der Waals surface area contributed by atoms with E-state index in [1.165, 1.54) is 12.1 Å². The first-order valence-corrected chi connectivity index (χ1v) is 11.0. The van der Waals surface area contributed by atoms with Crippen LogP contribution in [0.1, 0.15) is 23.6 Å². The molecule has 0 saturated carbocycles. The lowest BCUT2D eigenvalue weighted by Crippen LogP contribution is -2.07. The molecule has 0 saturated heterocycles. The highest BCUT2D eigenvalue weighted by Gasteiger charge is 2.19. The van der Waals surface area contributed by atoms with Crippen LogP contribution in [0.4, 0.5) is 5.69 Å². The normalized spacial score (nSPS) is 12.1. The molecular weight excluding hydrogens is 418 g/mol. The van der Waals surface area contributed by atoms with E-state index in [4.69, 9.17) is 22.4 Å². The summed E-state index contributed by atoms with van der Waals surface area (Å²) in [7, 11) is -3.98. The Morgan fingerprint density at radius 3 is 2.33 bits per heavy atom. The minimum absolute atomic E-state index is 0.0909. The van der Waals surface area contributed by atoms with E-state index in [9.17, 15) is 8.42 Å². The topological polar surface area (TPSA) is 47.7 Å². The summed E-state index contributed by atoms with van der Waals surface area (Å²) >= 11 is 5.98. The minimum Gasteiger partial charge on any atom is -0.383 e. The zero-order valence-corrected chi connectivity index (χ0v) is 18.2. The highest BCUT2D eigenvalue weighted by Crippen LogP contribution is 2.29. The van der Waals surface area contributed by atoms with Crippen LogP contribution in [0, 0.1) is 13.5 Å². The Morgan fingerprint density at radius 2 is 1.70 bits per heavy atom. The highest BCUT2D eigenvalue weighted by atomic mass is 35.5. The molecule has 0 spiro atoms. The van der Waals surface area contributed by atoms with Crippen LogP contribution in [0.2, 0.25) is 5.02 Å². The summed E-state index contributed by atoms with van der Waals surface area (Å²) in [6.45, 7) is 10.8. The molecule has 0 radical (unpaired) electrons. The number of aryl methyl sites for hydroxylation is 1. The predicted octanol–water partition coefficient (Wildman–Crippen LogP) is 6.58. The maximum absolute atomic E-state index is 12.8. The smallest absolute Gasteiger partial charge is 0.338 e. The van der Waals surface area contributed by atoms with Gasteiger partial charge in [-0.1, -0.05) is 59.6 Å². The largest absolute Gasteiger partial charge is 0.383 e. The second-order valence-electron chi connectivity index (χ2n) is 6.85. The van der Waals surface area contributed by atoms with Gasteiger partial charge in [0.25, 0.3) is 0 Å². The van der Waals surface area contributed by atoms with Crippen LogP contribution in [-0.4, -0.2) is 8.42 Å². The quantitative estimate of drug-likeness (QED) is 0.248. The van der Waals surface area contributed by atoms with Crippen LogP contribution >= 0.6 is 11.6 Å². The predicted molar refractivity (Wildman–Crippen MR) is 120 cm³/mol. The lowest BCUT2D eigenvalue weighted by molar-refractivity contribution is 0.409. The molecule has 4 nitrogen and oxygen atoms in total. The number of benzene rings is 3. The van der Waals surface area contributed by atoms with E-state index in [2.05, 4.69) is 4.85 Å². The standard InChI is InChI=1S/C24H20ClNO3S/c1-17-7-13-23(14-8-17)30(27,28)29-18(2)24(15-19-9-11-21(25)12-10-19)20-5-4-6-22(16-20)26-3/h4-14,16H,15H2,1-2H3/b24-18-. The van der Waals surface area contributed by atoms with Crippen LogP contribution in [0.3, 0.4) is 0 Å². The average molecular weight is 438 g/mol. The fourth-order valence-electron chi connectivity index (χ4n) is 2.97. The molecule has 0 atom stereocenters. The number of hydrogen-bond acceptors (Lipinski definition) is 3. The van der Waals surface area contributed by atoms with E-state index >= 15 is 0 Å². The van der Waals surface area contributed by atoms with Crippen molar-refractivity contribution < 1.29 is 12.6 Å². The van der Waals surface area contributed by atoms with Gasteiger partial charge in [-0.2, -0.15) is 8.42 Å². The SMILES string of the molecule is [C-]#[N+]c1cccc(/C(Cc2ccc(Cl)cc2)=C(/C)OS(=O)(=O)c2ccc(C)cc2)c1. The van der Waals surface area contributed by atoms with Gasteiger partial charge in [0, 0.05) is 17.0 Å². The van der Waals surface area contributed by atoms with Gasteiger partial charge in [-0.15, -0.1) is 0 Å². The van der Waals surface area contributed by atoms with E-state index < -0.39 is 10.1 Å². The fraction of sp³-hybridized carbons (Fsp3) is 0.125. The third kappa shape index (κ3) is 5.29. The second kappa shape index (κ2) is 9.17. The monoisotopic (exact) mass is 437 g/mol. The maximum Gasteiger partial charge on any atom is 0.338 e. The molecule has 0 aliphatic carbocycles. The Kier molecular flexibility index (Phi) is 6.61. The van der Waals surface area contributed by atoms with Crippen molar-refractivity contribution >= 4 is 33.0 Å². The second-order valence-corrected chi connectivity index (χ2v) is 8.83. The van der Waals surface area contributed by atoms with Crippen molar-refractivity contribution in [2.24, 2.45) is 0 Å². The molecule has 30 heavy (non-hydrogen) atoms. The highest BCUT2D eigenvalue weighted by molar-refractivity contribution is 7.86. The summed E-state index contributed by atoms with van der Waals surface area (Å²) in [5, 5.41) is 0.620. The van der Waals surface area contributed by atoms with Gasteiger partial charge in [0.2, 0.25) is 0 Å². The fourth-order valence-corrected chi connectivity index (χ4v) is 4.09. The summed E-state index contributed by atoms with van der Waals surface area (Å²) < 4.78 is 31.1. The number of allylic oxidation sites excluding steroid dienone is 2. The van der Waals surface area contributed by atoms with Crippen LogP contribution in [0.5, 0.6) is 0 Å². The molecule has 6 heteroatoms. The van der Waals surface area contributed by atoms with Gasteiger partial charge < -0.3 is 4.18 Å². The van der Waals surface area contributed by atoms with E-state index in [1.54, 1.807) is 49.4 Å². The Labute approximate surface area is 182 Å². The lowest BCUT2D eigenvalue weighted by Gasteiger charge is -2.15. The zero-order valence-electron chi connectivity index (χ0n) is 16.6. The first-order valence-electron chi connectivity index (χ1n) is 9.22. The van der Waals surface area contributed by atoms with Gasteiger partial charge in [0.05, 0.1) is 6.57 Å². The third-order valence-corrected chi connectivity index (χ3v) is 6.16. The summed E-state index contributed by atoms with van der Waals surface area (Å²) in [6.07, 6.45) is 0.424. The molecule has 0 heterocycles. The Balaban J connectivity index is 2.04. The summed E-state index contributed by atoms with van der Waals surface area (Å²) in [4.78, 5) is 3.56. The first-order chi connectivity index (χ1) is 14.3. The third-order valence-electron chi connectivity index (χ3n) is 4.59. The molecule has 0 unspecified atom stereocenters. The molecule has 3 aromatic rings. The van der Waals surface area contributed by atoms with Gasteiger partial charge in [0.15, 0.2) is 5.69 Å². The first kappa shape index (κ1) is 21.6. The van der Waals surface area contributed by atoms with Crippen molar-refractivity contribution in [1.82, 2.24) is 0 Å². The summed E-state index contributed by atoms with van der Waals surface area (Å²) in [6, 6.07) is 20.9. The molecule has 0 N–H and O–H groups in total. The van der Waals surface area contributed by atoms with Crippen molar-refractivity contribution in [3.05, 3.63) is 112 Å². The van der Waals surface area contributed by atoms with E-state index in [0.29, 0.717) is 22.7 Å². The molecule has 0 fully saturated rings. The maximum atomic E-state index is 12.8. The molecule has 0 amide bonds. The van der Waals surface area contributed by atoms with Gasteiger partial charge in [0.1, 0.15) is 10.7 Å². The van der Waals surface area contributed by atoms with Crippen molar-refractivity contribution in [3.8, 4) is 0 Å². The molecule has 0 aromatic heterocycles. The summed E-state index contributed by atoms with van der Waals surface area (Å²) in [5.74, 6) is 0.257. The minimum atomic E-state index is -3.98. The molecule has 152 valence electrons. The van der Waals surface area contributed by atoms with Crippen LogP contribution < -0.4 is 0 Å². The van der Waals surface area contributed by atoms with Crippen LogP contribution in [0.15, 0.2) is 83.5 Å². The molecule has 0 aliphatic heterocycles. The zero-order chi connectivity index (χ0) is 21.7. The number of hydrogen-bond donors (Lipinski definition) is 0. The number of rotatable bonds is 6. The summed E-state index contributed by atoms with van der Waals surface area (Å²) in [5.41, 5.74) is 3.78. The van der Waals surface area contributed by atoms with Crippen molar-refractivity contribution in [2.45, 2.75) is 25.2 Å². The molecule has 3 aromatic carbocycles. The van der Waals surface area contributed by atoms with Crippen molar-refractivity contribution in [2.75, 3.05) is 0 Å². The Bertz CT molecular complexity index is 1220. The Hall–Kier alpha value is -3.07. The molecule has 3 rings (SSSR count). The Morgan fingerprint density at radius 1 is 1.03 bits per heavy atom. The van der Waals surface area contributed by atoms with Gasteiger partial charge in [-0.05, 0) is 55.3 Å². The average Bonchev–Trinajstić information content (AvgIpc) is 2.73. The van der Waals surface area contributed by atoms with Gasteiger partial charge in [-0.3, -0.25) is 0 Å². The van der Waals surface area contributed by atoms with Gasteiger partial charge in [-0.25, -0.2) is 4.85 Å². The van der Waals surface area contributed by atoms with Crippen LogP contribution in [-0.2, 0) is 20.7 Å². The van der Waals surface area contributed by atoms with Crippen molar-refractivity contribution in [1.29, 1.82) is 0 Å². The van der Waals surface area contributed by atoms with E-state index in [1.807, 2.05) is 25.1 Å². The molecule has 0 aliphatic rings. The molecule has 0 bridgehead atoms. The van der Waals surface area contributed by atoms with E-state index in [0.717, 1.165) is 16.7 Å². The van der Waals surface area contributed by atoms with Crippen LogP contribution in [0.25, 0.3) is 10.4 Å². The van der Waals surface area contributed by atoms with E-state index in [-0.39, 0.29) is 10.7 Å². The lowest BCUT2D eigenvalue weighted by atomic mass is 9.97.